The quantitative estimate of drug-likeness (QED) is 0.0871. The second-order valence-corrected chi connectivity index (χ2v) is 17.8. The van der Waals surface area contributed by atoms with Gasteiger partial charge in [0.2, 0.25) is 23.7 Å². The van der Waals surface area contributed by atoms with Crippen molar-refractivity contribution < 1.29 is 43.2 Å². The summed E-state index contributed by atoms with van der Waals surface area (Å²) in [6.45, 7) is 2.98. The zero-order chi connectivity index (χ0) is 52.7. The maximum absolute atomic E-state index is 12.5. The minimum atomic E-state index is -0.705. The SMILES string of the molecule is C1CCOC1.Nc1ccccc1.O=C(Cc1ccccc1)C(CCO)Oc1ccc2ccccc2n1.O=C1C(Oc2ccc3ccccc3n2)CCN1c1ccccc1.O=C1OCCC1Oc1ccc2ccccc2n1. The van der Waals surface area contributed by atoms with E-state index in [1.165, 1.54) is 12.8 Å². The number of hydrogen-bond donors (Lipinski definition) is 2. The van der Waals surface area contributed by atoms with E-state index >= 15 is 0 Å². The monoisotopic (exact) mass is 1020 g/mol. The van der Waals surface area contributed by atoms with Crippen LogP contribution in [-0.4, -0.2) is 89.0 Å². The molecule has 3 fully saturated rings. The van der Waals surface area contributed by atoms with E-state index in [1.807, 2.05) is 188 Å². The van der Waals surface area contributed by atoms with Crippen LogP contribution in [0.3, 0.4) is 0 Å². The fourth-order valence-electron chi connectivity index (χ4n) is 8.27. The summed E-state index contributed by atoms with van der Waals surface area (Å²) in [6.07, 6.45) is 2.66. The van der Waals surface area contributed by atoms with Crippen molar-refractivity contribution in [2.75, 3.05) is 43.6 Å². The normalized spacial score (nSPS) is 15.8. The number of esters is 1. The van der Waals surface area contributed by atoms with E-state index in [4.69, 9.17) is 29.4 Å². The molecule has 0 saturated carbocycles. The molecule has 14 heteroatoms. The van der Waals surface area contributed by atoms with E-state index in [2.05, 4.69) is 15.0 Å². The van der Waals surface area contributed by atoms with Crippen LogP contribution in [0.25, 0.3) is 32.7 Å². The Morgan fingerprint density at radius 1 is 0.579 bits per heavy atom. The van der Waals surface area contributed by atoms with Gasteiger partial charge in [-0.15, -0.1) is 0 Å². The topological polar surface area (TPSA) is 186 Å². The Morgan fingerprint density at radius 3 is 1.55 bits per heavy atom. The number of hydrogen-bond acceptors (Lipinski definition) is 13. The molecule has 0 bridgehead atoms. The van der Waals surface area contributed by atoms with Gasteiger partial charge in [0.25, 0.3) is 5.91 Å². The van der Waals surface area contributed by atoms with Crippen LogP contribution in [0.1, 0.15) is 37.7 Å². The van der Waals surface area contributed by atoms with Crippen molar-refractivity contribution in [1.29, 1.82) is 0 Å². The Balaban J connectivity index is 0.000000137. The van der Waals surface area contributed by atoms with Crippen molar-refractivity contribution in [3.8, 4) is 17.6 Å². The number of benzene rings is 6. The van der Waals surface area contributed by atoms with Gasteiger partial charge >= 0.3 is 5.97 Å². The molecular weight excluding hydrogens is 959 g/mol. The number of carbonyl (C=O) groups excluding carboxylic acids is 3. The molecular formula is C62H61N5O9. The molecule has 3 atom stereocenters. The van der Waals surface area contributed by atoms with E-state index < -0.39 is 18.3 Å². The number of nitrogens with two attached hydrogens (primary N) is 1. The first-order valence-corrected chi connectivity index (χ1v) is 25.5. The average molecular weight is 1020 g/mol. The van der Waals surface area contributed by atoms with E-state index in [9.17, 15) is 19.5 Å². The Labute approximate surface area is 442 Å². The number of anilines is 2. The van der Waals surface area contributed by atoms with Gasteiger partial charge in [-0.05, 0) is 79.1 Å². The number of ether oxygens (including phenoxy) is 5. The predicted octanol–water partition coefficient (Wildman–Crippen LogP) is 10.6. The zero-order valence-corrected chi connectivity index (χ0v) is 42.1. The Morgan fingerprint density at radius 2 is 1.07 bits per heavy atom. The van der Waals surface area contributed by atoms with Crippen molar-refractivity contribution >= 4 is 61.7 Å². The minimum Gasteiger partial charge on any atom is -0.466 e. The highest BCUT2D eigenvalue weighted by atomic mass is 16.6. The second kappa shape index (κ2) is 28.1. The lowest BCUT2D eigenvalue weighted by atomic mass is 10.0. The molecule has 0 aliphatic carbocycles. The highest BCUT2D eigenvalue weighted by Crippen LogP contribution is 2.26. The molecule has 6 aromatic carbocycles. The number of aromatic nitrogens is 3. The number of fused-ring (bicyclic) bond motifs is 3. The largest absolute Gasteiger partial charge is 0.466 e. The van der Waals surface area contributed by atoms with Gasteiger partial charge in [-0.1, -0.05) is 121 Å². The molecule has 388 valence electrons. The van der Waals surface area contributed by atoms with E-state index in [0.717, 1.165) is 62.9 Å². The summed E-state index contributed by atoms with van der Waals surface area (Å²) in [7, 11) is 0. The predicted molar refractivity (Wildman–Crippen MR) is 295 cm³/mol. The van der Waals surface area contributed by atoms with Crippen LogP contribution in [0, 0.1) is 0 Å². The van der Waals surface area contributed by atoms with Crippen LogP contribution >= 0.6 is 0 Å². The maximum atomic E-state index is 12.5. The van der Waals surface area contributed by atoms with Crippen LogP contribution in [0.15, 0.2) is 200 Å². The zero-order valence-electron chi connectivity index (χ0n) is 42.1. The molecule has 3 aromatic heterocycles. The number of ketones is 1. The van der Waals surface area contributed by atoms with Crippen LogP contribution in [0.2, 0.25) is 0 Å². The lowest BCUT2D eigenvalue weighted by Crippen LogP contribution is -2.32. The summed E-state index contributed by atoms with van der Waals surface area (Å²) in [5.41, 5.74) is 10.6. The fourth-order valence-corrected chi connectivity index (χ4v) is 8.27. The van der Waals surface area contributed by atoms with Gasteiger partial charge in [0.1, 0.15) is 0 Å². The Hall–Kier alpha value is -8.72. The van der Waals surface area contributed by atoms with Crippen LogP contribution in [0.4, 0.5) is 11.4 Å². The van der Waals surface area contributed by atoms with Gasteiger partial charge in [0.15, 0.2) is 18.0 Å². The van der Waals surface area contributed by atoms with Crippen LogP contribution in [0.5, 0.6) is 17.6 Å². The molecule has 1 amide bonds. The van der Waals surface area contributed by atoms with Crippen LogP contribution < -0.4 is 24.8 Å². The molecule has 14 nitrogen and oxygen atoms in total. The minimum absolute atomic E-state index is 0.00819. The summed E-state index contributed by atoms with van der Waals surface area (Å²) in [5, 5.41) is 12.4. The third-order valence-electron chi connectivity index (χ3n) is 12.2. The molecule has 0 spiro atoms. The number of rotatable bonds is 12. The van der Waals surface area contributed by atoms with Crippen molar-refractivity contribution in [2.24, 2.45) is 0 Å². The Bertz CT molecular complexity index is 3250. The average Bonchev–Trinajstić information content (AvgIpc) is 4.27. The fraction of sp³-hybridized carbons (Fsp3) is 0.226. The van der Waals surface area contributed by atoms with Gasteiger partial charge in [-0.2, -0.15) is 0 Å². The molecule has 0 radical (unpaired) electrons. The number of para-hydroxylation sites is 5. The van der Waals surface area contributed by atoms with Gasteiger partial charge < -0.3 is 39.4 Å². The summed E-state index contributed by atoms with van der Waals surface area (Å²) >= 11 is 0. The van der Waals surface area contributed by atoms with Gasteiger partial charge in [-0.3, -0.25) is 9.59 Å². The third-order valence-corrected chi connectivity index (χ3v) is 12.2. The number of aliphatic hydroxyl groups excluding tert-OH is 1. The highest BCUT2D eigenvalue weighted by molar-refractivity contribution is 5.99. The lowest BCUT2D eigenvalue weighted by molar-refractivity contribution is -0.143. The number of Topliss-reactive ketones (excluding diaryl/α,β-unsaturated/α-hetero) is 1. The van der Waals surface area contributed by atoms with Crippen molar-refractivity contribution in [3.63, 3.8) is 0 Å². The number of nitrogen functional groups attached to an aromatic ring is 1. The van der Waals surface area contributed by atoms with Crippen molar-refractivity contribution in [1.82, 2.24) is 15.0 Å². The molecule has 3 aliphatic rings. The van der Waals surface area contributed by atoms with Crippen molar-refractivity contribution in [3.05, 3.63) is 206 Å². The van der Waals surface area contributed by atoms with Crippen molar-refractivity contribution in [2.45, 2.75) is 56.8 Å². The number of pyridine rings is 3. The molecule has 12 rings (SSSR count). The Kier molecular flexibility index (Phi) is 19.8. The first kappa shape index (κ1) is 53.6. The third kappa shape index (κ3) is 15.9. The van der Waals surface area contributed by atoms with Gasteiger partial charge in [0, 0.05) is 97.8 Å². The summed E-state index contributed by atoms with van der Waals surface area (Å²) < 4.78 is 26.9. The second-order valence-electron chi connectivity index (χ2n) is 17.8. The highest BCUT2D eigenvalue weighted by Gasteiger charge is 2.34. The van der Waals surface area contributed by atoms with E-state index in [0.29, 0.717) is 43.6 Å². The number of cyclic esters (lactones) is 1. The molecule has 3 saturated heterocycles. The summed E-state index contributed by atoms with van der Waals surface area (Å²) in [5.74, 6) is 0.981. The summed E-state index contributed by atoms with van der Waals surface area (Å²) in [6, 6.07) is 63.2. The van der Waals surface area contributed by atoms with E-state index in [-0.39, 0.29) is 37.1 Å². The number of carbonyl (C=O) groups is 3. The summed E-state index contributed by atoms with van der Waals surface area (Å²) in [4.78, 5) is 51.3. The number of aliphatic hydroxyl groups is 1. The lowest BCUT2D eigenvalue weighted by Gasteiger charge is -2.17. The number of amides is 1. The number of nitrogens with zero attached hydrogens (tertiary/aromatic N) is 4. The first-order valence-electron chi connectivity index (χ1n) is 25.5. The van der Waals surface area contributed by atoms with Gasteiger partial charge in [-0.25, -0.2) is 19.7 Å². The molecule has 9 aromatic rings. The first-order chi connectivity index (χ1) is 37.3. The van der Waals surface area contributed by atoms with Crippen LogP contribution in [-0.2, 0) is 30.3 Å². The molecule has 3 N–H and O–H groups in total. The molecule has 6 heterocycles. The maximum Gasteiger partial charge on any atom is 0.347 e. The standard InChI is InChI=1S/C20H19NO3.C19H16N2O2.C13H11NO3.C6H7N.C4H8O/c22-13-12-19(18(23)14-15-6-2-1-3-7-15)24-20-11-10-16-8-4-5-9-17(16)21-20;22-19-17(12-13-21(19)15-7-2-1-3-8-15)23-18-11-10-14-6-4-5-9-16(14)20-18;15-13-11(7-8-16-13)17-12-6-5-9-3-1-2-4-10(9)14-12;7-6-4-2-1-3-5-6;1-2-4-5-3-1/h1-11,19,22H,12-14H2;1-11,17H,12-13H2;1-6,11H,7-8H2;1-5H,7H2;1-4H2. The molecule has 3 aliphatic heterocycles. The molecule has 3 unspecified atom stereocenters. The smallest absolute Gasteiger partial charge is 0.347 e. The molecule has 76 heavy (non-hydrogen) atoms. The van der Waals surface area contributed by atoms with E-state index in [1.54, 1.807) is 17.0 Å². The van der Waals surface area contributed by atoms with Gasteiger partial charge in [0.05, 0.1) is 23.2 Å².